The Morgan fingerprint density at radius 1 is 1.02 bits per heavy atom. The van der Waals surface area contributed by atoms with E-state index in [2.05, 4.69) is 16.1 Å². The number of halogens is 3. The van der Waals surface area contributed by atoms with E-state index >= 15 is 0 Å². The van der Waals surface area contributed by atoms with Crippen LogP contribution >= 0.6 is 0 Å². The van der Waals surface area contributed by atoms with Crippen LogP contribution in [-0.2, 0) is 27.2 Å². The van der Waals surface area contributed by atoms with E-state index in [-0.39, 0.29) is 12.3 Å². The van der Waals surface area contributed by atoms with Gasteiger partial charge in [0.25, 0.3) is 5.56 Å². The number of hydrogen-bond acceptors (Lipinski definition) is 5. The monoisotopic (exact) mass is 584 g/mol. The molecule has 3 N–H and O–H groups in total. The fraction of sp³-hybridized carbons (Fsp3) is 0.519. The Labute approximate surface area is 234 Å². The molecule has 1 aromatic heterocycles. The van der Waals surface area contributed by atoms with Gasteiger partial charge in [-0.2, -0.15) is 13.2 Å². The average Bonchev–Trinajstić information content (AvgIpc) is 2.79. The molecule has 2 aromatic rings. The maximum absolute atomic E-state index is 14.5. The number of anilines is 1. The Morgan fingerprint density at radius 2 is 1.65 bits per heavy atom. The summed E-state index contributed by atoms with van der Waals surface area (Å²) in [6.07, 6.45) is -3.38. The lowest BCUT2D eigenvalue weighted by atomic mass is 9.70. The lowest BCUT2D eigenvalue weighted by Crippen LogP contribution is -2.67. The third kappa shape index (κ3) is 8.93. The van der Waals surface area contributed by atoms with Crippen molar-refractivity contribution >= 4 is 26.7 Å². The highest BCUT2D eigenvalue weighted by molar-refractivity contribution is 6.48. The number of urea groups is 1. The zero-order chi connectivity index (χ0) is 30.3. The van der Waals surface area contributed by atoms with Gasteiger partial charge < -0.3 is 19.6 Å². The fourth-order valence-corrected chi connectivity index (χ4v) is 5.87. The second-order valence-corrected chi connectivity index (χ2v) is 13.5. The van der Waals surface area contributed by atoms with Gasteiger partial charge in [0.05, 0.1) is 6.61 Å². The van der Waals surface area contributed by atoms with E-state index in [0.29, 0.717) is 0 Å². The average molecular weight is 585 g/mol. The molecule has 222 valence electrons. The highest BCUT2D eigenvalue weighted by atomic mass is 28.3. The molecule has 13 heteroatoms. The first kappa shape index (κ1) is 33.0. The number of amides is 3. The number of nitrogens with zero attached hydrogens (tertiary/aromatic N) is 1. The molecule has 0 saturated heterocycles. The predicted molar refractivity (Wildman–Crippen MR) is 149 cm³/mol. The van der Waals surface area contributed by atoms with Crippen molar-refractivity contribution in [3.63, 3.8) is 0 Å². The van der Waals surface area contributed by atoms with Crippen molar-refractivity contribution in [1.29, 1.82) is 0 Å². The third-order valence-corrected chi connectivity index (χ3v) is 6.94. The van der Waals surface area contributed by atoms with Gasteiger partial charge in [-0.05, 0) is 36.2 Å². The number of rotatable bonds is 11. The van der Waals surface area contributed by atoms with Crippen LogP contribution in [0.2, 0.25) is 13.1 Å². The topological polar surface area (TPSA) is 111 Å². The Hall–Kier alpha value is -3.16. The van der Waals surface area contributed by atoms with Gasteiger partial charge in [-0.3, -0.25) is 14.4 Å². The van der Waals surface area contributed by atoms with E-state index in [4.69, 9.17) is 9.26 Å². The summed E-state index contributed by atoms with van der Waals surface area (Å²) in [5.74, 6) is -3.62. The van der Waals surface area contributed by atoms with E-state index in [0.717, 1.165) is 10.1 Å². The van der Waals surface area contributed by atoms with Gasteiger partial charge in [0.15, 0.2) is 9.04 Å². The number of nitrogens with one attached hydrogen (secondary N) is 3. The van der Waals surface area contributed by atoms with Crippen LogP contribution in [0.25, 0.3) is 0 Å². The molecule has 9 nitrogen and oxygen atoms in total. The van der Waals surface area contributed by atoms with Crippen LogP contribution in [0.3, 0.4) is 0 Å². The lowest BCUT2D eigenvalue weighted by molar-refractivity contribution is -0.265. The predicted octanol–water partition coefficient (Wildman–Crippen LogP) is 4.79. The van der Waals surface area contributed by atoms with Crippen LogP contribution in [-0.4, -0.2) is 37.4 Å². The highest BCUT2D eigenvalue weighted by Crippen LogP contribution is 2.49. The molecule has 40 heavy (non-hydrogen) atoms. The zero-order valence-corrected chi connectivity index (χ0v) is 25.0. The number of carbonyl (C=O) groups is 2. The molecule has 0 saturated carbocycles. The molecule has 0 radical (unpaired) electrons. The van der Waals surface area contributed by atoms with E-state index < -0.39 is 62.2 Å². The van der Waals surface area contributed by atoms with Crippen LogP contribution in [0.15, 0.2) is 53.5 Å². The molecule has 1 heterocycles. The molecule has 0 aliphatic heterocycles. The number of aromatic nitrogens is 1. The normalized spacial score (nSPS) is 14.5. The largest absolute Gasteiger partial charge is 0.398 e. The highest BCUT2D eigenvalue weighted by Gasteiger charge is 2.61. The van der Waals surface area contributed by atoms with Gasteiger partial charge in [0.1, 0.15) is 23.9 Å². The van der Waals surface area contributed by atoms with Crippen LogP contribution in [0.5, 0.6) is 0 Å². The maximum Gasteiger partial charge on any atom is 0.396 e. The quantitative estimate of drug-likeness (QED) is 0.200. The van der Waals surface area contributed by atoms with Crippen molar-refractivity contribution in [3.8, 4) is 0 Å². The van der Waals surface area contributed by atoms with Gasteiger partial charge >= 0.3 is 12.2 Å². The van der Waals surface area contributed by atoms with Crippen LogP contribution in [0, 0.1) is 17.3 Å². The van der Waals surface area contributed by atoms with Crippen molar-refractivity contribution in [3.05, 3.63) is 64.6 Å². The second kappa shape index (κ2) is 13.5. The first-order valence-electron chi connectivity index (χ1n) is 12.9. The number of hydrogen-bond donors (Lipinski definition) is 3. The minimum atomic E-state index is -4.68. The van der Waals surface area contributed by atoms with Crippen molar-refractivity contribution in [2.75, 3.05) is 5.32 Å². The van der Waals surface area contributed by atoms with Crippen LogP contribution in [0.4, 0.5) is 23.7 Å². The minimum Gasteiger partial charge on any atom is -0.398 e. The summed E-state index contributed by atoms with van der Waals surface area (Å²) in [5, 5.41) is 4.88. The summed E-state index contributed by atoms with van der Waals surface area (Å²) in [5.41, 5.74) is -1.25. The maximum atomic E-state index is 14.5. The molecular formula is C27H39F3N4O5Si. The van der Waals surface area contributed by atoms with Crippen molar-refractivity contribution in [1.82, 2.24) is 15.4 Å². The molecule has 2 atom stereocenters. The number of benzene rings is 1. The molecule has 2 rings (SSSR count). The van der Waals surface area contributed by atoms with Gasteiger partial charge in [0, 0.05) is 12.1 Å². The molecule has 2 unspecified atom stereocenters. The SMILES string of the molecule is CC(C)C(NC(=O)Cn1cccc(NC(=O)NOCc2ccccc2)c1=O)(O[SiH](C)C)C(C(C)(C)C)C(F)(F)F. The number of alkyl halides is 3. The summed E-state index contributed by atoms with van der Waals surface area (Å²) < 4.78 is 50.5. The molecule has 1 aromatic carbocycles. The molecule has 3 amide bonds. The van der Waals surface area contributed by atoms with E-state index in [1.54, 1.807) is 39.1 Å². The Bertz CT molecular complexity index is 1190. The van der Waals surface area contributed by atoms with E-state index in [9.17, 15) is 27.6 Å². The minimum absolute atomic E-state index is 0.0971. The Balaban J connectivity index is 2.23. The summed E-state index contributed by atoms with van der Waals surface area (Å²) in [4.78, 5) is 43.5. The number of hydroxylamine groups is 1. The molecule has 0 spiro atoms. The molecule has 0 aliphatic rings. The molecule has 0 bridgehead atoms. The zero-order valence-electron chi connectivity index (χ0n) is 23.9. The van der Waals surface area contributed by atoms with Crippen LogP contribution < -0.4 is 21.7 Å². The van der Waals surface area contributed by atoms with E-state index in [1.807, 2.05) is 18.2 Å². The summed E-state index contributed by atoms with van der Waals surface area (Å²) >= 11 is 0. The number of pyridine rings is 1. The molecule has 0 fully saturated rings. The van der Waals surface area contributed by atoms with Gasteiger partial charge in [-0.15, -0.1) is 0 Å². The molecule has 0 aliphatic carbocycles. The first-order chi connectivity index (χ1) is 18.5. The Kier molecular flexibility index (Phi) is 11.1. The summed E-state index contributed by atoms with van der Waals surface area (Å²) in [6, 6.07) is 11.0. The summed E-state index contributed by atoms with van der Waals surface area (Å²) in [7, 11) is -2.11. The van der Waals surface area contributed by atoms with Crippen molar-refractivity contribution in [2.24, 2.45) is 17.3 Å². The lowest BCUT2D eigenvalue weighted by Gasteiger charge is -2.51. The molecular weight excluding hydrogens is 545 g/mol. The smallest absolute Gasteiger partial charge is 0.396 e. The van der Waals surface area contributed by atoms with Crippen molar-refractivity contribution < 1.29 is 32.0 Å². The standard InChI is InChI=1S/C27H39F3N4O5Si/c1-18(2)26(39-40(6)7,23(25(3,4)5)27(28,29)30)32-21(35)16-34-15-11-14-20(22(34)36)31-24(37)33-38-17-19-12-9-8-10-13-19/h8-15,18,23,40H,16-17H2,1-7H3,(H,32,35)(H2,31,33,37). The van der Waals surface area contributed by atoms with E-state index in [1.165, 1.54) is 39.1 Å². The van der Waals surface area contributed by atoms with Crippen LogP contribution in [0.1, 0.15) is 40.2 Å². The second-order valence-electron chi connectivity index (χ2n) is 11.2. The van der Waals surface area contributed by atoms with Gasteiger partial charge in [-0.1, -0.05) is 65.0 Å². The first-order valence-corrected chi connectivity index (χ1v) is 15.7. The Morgan fingerprint density at radius 3 is 2.17 bits per heavy atom. The fourth-order valence-electron chi connectivity index (χ4n) is 4.63. The van der Waals surface area contributed by atoms with Gasteiger partial charge in [-0.25, -0.2) is 10.3 Å². The van der Waals surface area contributed by atoms with Gasteiger partial charge in [0.2, 0.25) is 5.91 Å². The summed E-state index contributed by atoms with van der Waals surface area (Å²) in [6.45, 7) is 10.5. The van der Waals surface area contributed by atoms with Crippen molar-refractivity contribution in [2.45, 2.75) is 72.8 Å². The number of carbonyl (C=O) groups excluding carboxylic acids is 2. The third-order valence-electron chi connectivity index (χ3n) is 6.07.